The van der Waals surface area contributed by atoms with Crippen LogP contribution in [-0.4, -0.2) is 56.4 Å². The number of carbonyl (C=O) groups is 1. The SMILES string of the molecule is CN(C)CCCNC/C(=C\CCCCC(=O)NO)COc1cccc2ccccc12. The molecule has 0 fully saturated rings. The van der Waals surface area contributed by atoms with Crippen molar-refractivity contribution in [2.24, 2.45) is 0 Å². The first-order valence-corrected chi connectivity index (χ1v) is 10.7. The van der Waals surface area contributed by atoms with Crippen LogP contribution in [-0.2, 0) is 4.79 Å². The Morgan fingerprint density at radius 2 is 1.90 bits per heavy atom. The van der Waals surface area contributed by atoms with E-state index in [4.69, 9.17) is 9.94 Å². The van der Waals surface area contributed by atoms with Gasteiger partial charge in [-0.2, -0.15) is 0 Å². The van der Waals surface area contributed by atoms with Gasteiger partial charge in [-0.1, -0.05) is 42.5 Å². The summed E-state index contributed by atoms with van der Waals surface area (Å²) < 4.78 is 6.18. The molecule has 164 valence electrons. The quantitative estimate of drug-likeness (QED) is 0.190. The molecule has 0 saturated heterocycles. The lowest BCUT2D eigenvalue weighted by atomic mass is 10.1. The largest absolute Gasteiger partial charge is 0.489 e. The van der Waals surface area contributed by atoms with Gasteiger partial charge in [0.15, 0.2) is 0 Å². The van der Waals surface area contributed by atoms with Crippen molar-refractivity contribution in [1.82, 2.24) is 15.7 Å². The van der Waals surface area contributed by atoms with Crippen molar-refractivity contribution in [2.75, 3.05) is 40.3 Å². The van der Waals surface area contributed by atoms with Gasteiger partial charge in [0.1, 0.15) is 12.4 Å². The molecular weight excluding hydrogens is 378 g/mol. The first-order chi connectivity index (χ1) is 14.6. The maximum atomic E-state index is 11.1. The van der Waals surface area contributed by atoms with Crippen LogP contribution in [0.25, 0.3) is 10.8 Å². The lowest BCUT2D eigenvalue weighted by molar-refractivity contribution is -0.129. The summed E-state index contributed by atoms with van der Waals surface area (Å²) in [6.45, 7) is 3.34. The molecule has 0 aliphatic rings. The van der Waals surface area contributed by atoms with E-state index in [9.17, 15) is 4.79 Å². The third-order valence-electron chi connectivity index (χ3n) is 4.89. The van der Waals surface area contributed by atoms with E-state index in [0.717, 1.165) is 56.5 Å². The van der Waals surface area contributed by atoms with Gasteiger partial charge in [0.05, 0.1) is 0 Å². The Bertz CT molecular complexity index is 800. The van der Waals surface area contributed by atoms with Crippen LogP contribution < -0.4 is 15.5 Å². The summed E-state index contributed by atoms with van der Waals surface area (Å²) in [5.74, 6) is 0.562. The molecule has 0 aromatic heterocycles. The van der Waals surface area contributed by atoms with Gasteiger partial charge in [-0.3, -0.25) is 10.0 Å². The van der Waals surface area contributed by atoms with Gasteiger partial charge in [-0.15, -0.1) is 0 Å². The van der Waals surface area contributed by atoms with Gasteiger partial charge in [0.2, 0.25) is 5.91 Å². The fraction of sp³-hybridized carbons (Fsp3) is 0.458. The van der Waals surface area contributed by atoms with E-state index in [1.54, 1.807) is 5.48 Å². The van der Waals surface area contributed by atoms with Crippen LogP contribution in [0, 0.1) is 0 Å². The highest BCUT2D eigenvalue weighted by Crippen LogP contribution is 2.25. The third kappa shape index (κ3) is 8.95. The lowest BCUT2D eigenvalue weighted by Crippen LogP contribution is -2.24. The molecule has 0 bridgehead atoms. The Morgan fingerprint density at radius 1 is 1.10 bits per heavy atom. The summed E-state index contributed by atoms with van der Waals surface area (Å²) in [4.78, 5) is 13.3. The highest BCUT2D eigenvalue weighted by atomic mass is 16.5. The smallest absolute Gasteiger partial charge is 0.243 e. The number of carbonyl (C=O) groups excluding carboxylic acids is 1. The van der Waals surface area contributed by atoms with E-state index >= 15 is 0 Å². The minimum Gasteiger partial charge on any atom is -0.489 e. The number of hydroxylamine groups is 1. The molecule has 30 heavy (non-hydrogen) atoms. The Balaban J connectivity index is 1.90. The molecule has 2 aromatic carbocycles. The zero-order valence-electron chi connectivity index (χ0n) is 18.2. The van der Waals surface area contributed by atoms with Gasteiger partial charge in [-0.25, -0.2) is 5.48 Å². The number of nitrogens with zero attached hydrogens (tertiary/aromatic N) is 1. The maximum Gasteiger partial charge on any atom is 0.243 e. The van der Waals surface area contributed by atoms with Crippen LogP contribution in [0.15, 0.2) is 54.1 Å². The highest BCUT2D eigenvalue weighted by Gasteiger charge is 2.05. The first kappa shape index (κ1) is 23.9. The van der Waals surface area contributed by atoms with Gasteiger partial charge >= 0.3 is 0 Å². The number of fused-ring (bicyclic) bond motifs is 1. The number of amides is 1. The predicted molar refractivity (Wildman–Crippen MR) is 122 cm³/mol. The highest BCUT2D eigenvalue weighted by molar-refractivity contribution is 5.88. The number of unbranched alkanes of at least 4 members (excludes halogenated alkanes) is 2. The van der Waals surface area contributed by atoms with Gasteiger partial charge in [0, 0.05) is 18.4 Å². The fourth-order valence-corrected chi connectivity index (χ4v) is 3.24. The molecule has 2 aromatic rings. The van der Waals surface area contributed by atoms with E-state index in [1.807, 2.05) is 24.3 Å². The van der Waals surface area contributed by atoms with Crippen molar-refractivity contribution in [1.29, 1.82) is 0 Å². The number of allylic oxidation sites excluding steroid dienone is 1. The van der Waals surface area contributed by atoms with Crippen LogP contribution in [0.1, 0.15) is 32.1 Å². The standard InChI is InChI=1S/C24H35N3O3/c1-27(2)17-9-16-25-18-20(10-4-3-5-15-24(28)26-29)19-30-23-14-8-12-21-11-6-7-13-22(21)23/h6-8,10-14,25,29H,3-5,9,15-19H2,1-2H3,(H,26,28)/b20-10+. The summed E-state index contributed by atoms with van der Waals surface area (Å²) in [6.07, 6.45) is 6.17. The molecule has 6 heteroatoms. The normalized spacial score (nSPS) is 11.8. The molecule has 1 amide bonds. The molecule has 0 aliphatic carbocycles. The zero-order chi connectivity index (χ0) is 21.6. The summed E-state index contributed by atoms with van der Waals surface area (Å²) >= 11 is 0. The predicted octanol–water partition coefficient (Wildman–Crippen LogP) is 3.75. The zero-order valence-corrected chi connectivity index (χ0v) is 18.2. The average Bonchev–Trinajstić information content (AvgIpc) is 2.75. The molecule has 2 rings (SSSR count). The number of benzene rings is 2. The summed E-state index contributed by atoms with van der Waals surface area (Å²) in [7, 11) is 4.17. The Hall–Kier alpha value is -2.41. The molecule has 0 radical (unpaired) electrons. The molecule has 0 spiro atoms. The van der Waals surface area contributed by atoms with Crippen LogP contribution in [0.4, 0.5) is 0 Å². The topological polar surface area (TPSA) is 73.8 Å². The molecule has 0 saturated carbocycles. The van der Waals surface area contributed by atoms with Crippen molar-refractivity contribution in [2.45, 2.75) is 32.1 Å². The second-order valence-corrected chi connectivity index (χ2v) is 7.74. The van der Waals surface area contributed by atoms with Gasteiger partial charge in [0.25, 0.3) is 0 Å². The molecule has 0 unspecified atom stereocenters. The van der Waals surface area contributed by atoms with Crippen LogP contribution in [0.2, 0.25) is 0 Å². The van der Waals surface area contributed by atoms with Crippen LogP contribution >= 0.6 is 0 Å². The fourth-order valence-electron chi connectivity index (χ4n) is 3.24. The van der Waals surface area contributed by atoms with Crippen molar-refractivity contribution in [3.8, 4) is 5.75 Å². The minimum absolute atomic E-state index is 0.332. The number of rotatable bonds is 14. The third-order valence-corrected chi connectivity index (χ3v) is 4.89. The van der Waals surface area contributed by atoms with E-state index < -0.39 is 0 Å². The molecule has 6 nitrogen and oxygen atoms in total. The van der Waals surface area contributed by atoms with E-state index in [2.05, 4.69) is 48.6 Å². The number of hydrogen-bond acceptors (Lipinski definition) is 5. The van der Waals surface area contributed by atoms with Crippen molar-refractivity contribution in [3.05, 3.63) is 54.1 Å². The van der Waals surface area contributed by atoms with Gasteiger partial charge in [-0.05, 0) is 69.9 Å². The first-order valence-electron chi connectivity index (χ1n) is 10.7. The molecular formula is C24H35N3O3. The summed E-state index contributed by atoms with van der Waals surface area (Å²) in [5.41, 5.74) is 2.89. The van der Waals surface area contributed by atoms with E-state index in [0.29, 0.717) is 13.0 Å². The lowest BCUT2D eigenvalue weighted by Gasteiger charge is -2.14. The average molecular weight is 414 g/mol. The van der Waals surface area contributed by atoms with Crippen LogP contribution in [0.3, 0.4) is 0 Å². The Kier molecular flexibility index (Phi) is 10.9. The second-order valence-electron chi connectivity index (χ2n) is 7.74. The molecule has 3 N–H and O–H groups in total. The molecule has 0 aliphatic heterocycles. The summed E-state index contributed by atoms with van der Waals surface area (Å²) in [6, 6.07) is 14.4. The van der Waals surface area contributed by atoms with Gasteiger partial charge < -0.3 is 15.0 Å². The Labute approximate surface area is 179 Å². The summed E-state index contributed by atoms with van der Waals surface area (Å²) in [5, 5.41) is 14.4. The number of hydrogen-bond donors (Lipinski definition) is 3. The van der Waals surface area contributed by atoms with E-state index in [-0.39, 0.29) is 5.91 Å². The maximum absolute atomic E-state index is 11.1. The van der Waals surface area contributed by atoms with Crippen molar-refractivity contribution >= 4 is 16.7 Å². The van der Waals surface area contributed by atoms with E-state index in [1.165, 1.54) is 11.0 Å². The number of ether oxygens (including phenoxy) is 1. The van der Waals surface area contributed by atoms with Crippen molar-refractivity contribution < 1.29 is 14.7 Å². The molecule has 0 heterocycles. The minimum atomic E-state index is -0.332. The second kappa shape index (κ2) is 13.7. The Morgan fingerprint density at radius 3 is 2.70 bits per heavy atom. The number of nitrogens with one attached hydrogen (secondary N) is 2. The van der Waals surface area contributed by atoms with Crippen LogP contribution in [0.5, 0.6) is 5.75 Å². The van der Waals surface area contributed by atoms with Crippen molar-refractivity contribution in [3.63, 3.8) is 0 Å². The molecule has 0 atom stereocenters. The monoisotopic (exact) mass is 413 g/mol.